The average molecular weight is 169 g/mol. The molecule has 1 rings (SSSR count). The second-order valence-electron chi connectivity index (χ2n) is 1.11. The maximum absolute atomic E-state index is 5.41. The zero-order chi connectivity index (χ0) is 5.11. The highest BCUT2D eigenvalue weighted by Crippen LogP contribution is 2.02. The van der Waals surface area contributed by atoms with Gasteiger partial charge >= 0.3 is 0 Å². The van der Waals surface area contributed by atoms with Gasteiger partial charge in [0.25, 0.3) is 0 Å². The van der Waals surface area contributed by atoms with E-state index in [-0.39, 0.29) is 12.4 Å². The molecule has 1 nitrogen and oxygen atoms in total. The standard InChI is InChI=1S/C4H4ClNS.ClH/c5-1-4-2-7-3-6-4;/h2-3H,1H2;1H/p-1. The lowest BCUT2D eigenvalue weighted by molar-refractivity contribution is -0.00000141. The van der Waals surface area contributed by atoms with Crippen LogP contribution >= 0.6 is 22.9 Å². The van der Waals surface area contributed by atoms with Crippen LogP contribution in [0.25, 0.3) is 0 Å². The molecule has 4 heteroatoms. The van der Waals surface area contributed by atoms with Gasteiger partial charge in [0, 0.05) is 5.38 Å². The van der Waals surface area contributed by atoms with Crippen molar-refractivity contribution in [2.75, 3.05) is 0 Å². The van der Waals surface area contributed by atoms with E-state index in [1.165, 1.54) is 0 Å². The molecule has 0 N–H and O–H groups in total. The van der Waals surface area contributed by atoms with Gasteiger partial charge in [0.05, 0.1) is 17.1 Å². The third-order valence-corrected chi connectivity index (χ3v) is 1.53. The molecule has 46 valence electrons. The highest BCUT2D eigenvalue weighted by atomic mass is 35.5. The average Bonchev–Trinajstić information content (AvgIpc) is 2.14. The largest absolute Gasteiger partial charge is 1.00 e. The van der Waals surface area contributed by atoms with Gasteiger partial charge in [-0.1, -0.05) is 0 Å². The Morgan fingerprint density at radius 2 is 2.50 bits per heavy atom. The van der Waals surface area contributed by atoms with E-state index >= 15 is 0 Å². The van der Waals surface area contributed by atoms with E-state index in [1.54, 1.807) is 16.8 Å². The molecule has 0 spiro atoms. The Balaban J connectivity index is 0.000000490. The van der Waals surface area contributed by atoms with Gasteiger partial charge in [0.1, 0.15) is 0 Å². The lowest BCUT2D eigenvalue weighted by atomic mass is 10.6. The number of hydrogen-bond acceptors (Lipinski definition) is 2. The van der Waals surface area contributed by atoms with Crippen molar-refractivity contribution in [3.05, 3.63) is 16.6 Å². The minimum absolute atomic E-state index is 0. The summed E-state index contributed by atoms with van der Waals surface area (Å²) in [4.78, 5) is 3.92. The van der Waals surface area contributed by atoms with Crippen LogP contribution in [0, 0.1) is 0 Å². The number of aromatic nitrogens is 1. The number of nitrogens with zero attached hydrogens (tertiary/aromatic N) is 1. The molecule has 1 aromatic heterocycles. The van der Waals surface area contributed by atoms with Crippen LogP contribution < -0.4 is 12.4 Å². The van der Waals surface area contributed by atoms with Crippen LogP contribution in [0.4, 0.5) is 0 Å². The van der Waals surface area contributed by atoms with Crippen LogP contribution in [0.2, 0.25) is 0 Å². The Kier molecular flexibility index (Phi) is 4.23. The second-order valence-corrected chi connectivity index (χ2v) is 2.10. The second kappa shape index (κ2) is 4.13. The first-order valence-electron chi connectivity index (χ1n) is 1.86. The SMILES string of the molecule is ClCc1cscn1.[Cl-]. The topological polar surface area (TPSA) is 12.9 Å². The summed E-state index contributed by atoms with van der Waals surface area (Å²) in [7, 11) is 0. The molecule has 0 aliphatic heterocycles. The number of thiazole rings is 1. The first-order chi connectivity index (χ1) is 3.43. The number of halogens is 2. The molecule has 0 aromatic carbocycles. The summed E-state index contributed by atoms with van der Waals surface area (Å²) >= 11 is 6.98. The number of rotatable bonds is 1. The molecule has 0 saturated heterocycles. The molecular weight excluding hydrogens is 165 g/mol. The summed E-state index contributed by atoms with van der Waals surface area (Å²) in [6.45, 7) is 0. The quantitative estimate of drug-likeness (QED) is 0.485. The highest BCUT2D eigenvalue weighted by Gasteiger charge is 1.85. The van der Waals surface area contributed by atoms with Crippen molar-refractivity contribution in [2.24, 2.45) is 0 Å². The van der Waals surface area contributed by atoms with Crippen molar-refractivity contribution in [3.8, 4) is 0 Å². The van der Waals surface area contributed by atoms with E-state index in [4.69, 9.17) is 11.6 Å². The molecule has 0 saturated carbocycles. The van der Waals surface area contributed by atoms with Gasteiger partial charge in [-0.05, 0) is 0 Å². The summed E-state index contributed by atoms with van der Waals surface area (Å²) in [5.41, 5.74) is 2.74. The van der Waals surface area contributed by atoms with E-state index in [0.717, 1.165) is 5.69 Å². The molecule has 0 aliphatic rings. The zero-order valence-electron chi connectivity index (χ0n) is 3.97. The van der Waals surface area contributed by atoms with Crippen molar-refractivity contribution in [2.45, 2.75) is 5.88 Å². The van der Waals surface area contributed by atoms with E-state index in [1.807, 2.05) is 5.38 Å². The molecule has 8 heavy (non-hydrogen) atoms. The molecule has 1 heterocycles. The Morgan fingerprint density at radius 3 is 2.75 bits per heavy atom. The monoisotopic (exact) mass is 168 g/mol. The molecule has 0 amide bonds. The summed E-state index contributed by atoms with van der Waals surface area (Å²) in [5.74, 6) is 0.531. The van der Waals surface area contributed by atoms with Crippen molar-refractivity contribution < 1.29 is 12.4 Å². The van der Waals surface area contributed by atoms with Gasteiger partial charge in [-0.3, -0.25) is 0 Å². The molecule has 0 atom stereocenters. The van der Waals surface area contributed by atoms with Gasteiger partial charge in [-0.2, -0.15) is 0 Å². The zero-order valence-corrected chi connectivity index (χ0v) is 6.30. The fourth-order valence-electron chi connectivity index (χ4n) is 0.304. The fraction of sp³-hybridized carbons (Fsp3) is 0.250. The third kappa shape index (κ3) is 1.99. The van der Waals surface area contributed by atoms with Gasteiger partial charge in [-0.15, -0.1) is 22.9 Å². The Bertz CT molecular complexity index is 129. The van der Waals surface area contributed by atoms with E-state index in [2.05, 4.69) is 4.98 Å². The molecule has 0 unspecified atom stereocenters. The summed E-state index contributed by atoms with van der Waals surface area (Å²) < 4.78 is 0. The Morgan fingerprint density at radius 1 is 1.75 bits per heavy atom. The molecule has 0 bridgehead atoms. The van der Waals surface area contributed by atoms with Crippen LogP contribution in [0.3, 0.4) is 0 Å². The summed E-state index contributed by atoms with van der Waals surface area (Å²) in [5, 5.41) is 1.94. The molecule has 0 radical (unpaired) electrons. The summed E-state index contributed by atoms with van der Waals surface area (Å²) in [6, 6.07) is 0. The smallest absolute Gasteiger partial charge is 0.0795 e. The van der Waals surface area contributed by atoms with Crippen LogP contribution in [0.15, 0.2) is 10.9 Å². The lowest BCUT2D eigenvalue weighted by Gasteiger charge is -1.75. The Hall–Kier alpha value is 0.210. The van der Waals surface area contributed by atoms with Crippen molar-refractivity contribution in [1.82, 2.24) is 4.98 Å². The van der Waals surface area contributed by atoms with Crippen molar-refractivity contribution in [1.29, 1.82) is 0 Å². The van der Waals surface area contributed by atoms with E-state index in [0.29, 0.717) is 5.88 Å². The highest BCUT2D eigenvalue weighted by molar-refractivity contribution is 7.07. The fourth-order valence-corrected chi connectivity index (χ4v) is 1.10. The first kappa shape index (κ1) is 8.21. The molecule has 0 fully saturated rings. The number of hydrogen-bond donors (Lipinski definition) is 0. The van der Waals surface area contributed by atoms with Crippen LogP contribution in [-0.4, -0.2) is 4.98 Å². The van der Waals surface area contributed by atoms with E-state index < -0.39 is 0 Å². The minimum Gasteiger partial charge on any atom is -1.00 e. The van der Waals surface area contributed by atoms with Gasteiger partial charge in [0.2, 0.25) is 0 Å². The maximum atomic E-state index is 5.41. The van der Waals surface area contributed by atoms with Gasteiger partial charge < -0.3 is 12.4 Å². The molecule has 0 aliphatic carbocycles. The predicted octanol–water partition coefficient (Wildman–Crippen LogP) is -1.11. The first-order valence-corrected chi connectivity index (χ1v) is 3.34. The normalized spacial score (nSPS) is 8.12. The predicted molar refractivity (Wildman–Crippen MR) is 31.7 cm³/mol. The summed E-state index contributed by atoms with van der Waals surface area (Å²) in [6.07, 6.45) is 0. The van der Waals surface area contributed by atoms with Gasteiger partial charge in [0.15, 0.2) is 0 Å². The van der Waals surface area contributed by atoms with Crippen LogP contribution in [0.5, 0.6) is 0 Å². The van der Waals surface area contributed by atoms with Crippen molar-refractivity contribution in [3.63, 3.8) is 0 Å². The molecule has 1 aromatic rings. The van der Waals surface area contributed by atoms with Crippen molar-refractivity contribution >= 4 is 22.9 Å². The maximum Gasteiger partial charge on any atom is 0.0795 e. The van der Waals surface area contributed by atoms with Gasteiger partial charge in [-0.25, -0.2) is 4.98 Å². The lowest BCUT2D eigenvalue weighted by Crippen LogP contribution is -3.00. The van der Waals surface area contributed by atoms with Crippen LogP contribution in [0.1, 0.15) is 5.69 Å². The third-order valence-electron chi connectivity index (χ3n) is 0.620. The Labute approximate surface area is 63.1 Å². The molecular formula is C4H4Cl2NS-. The van der Waals surface area contributed by atoms with E-state index in [9.17, 15) is 0 Å². The van der Waals surface area contributed by atoms with Crippen LogP contribution in [-0.2, 0) is 5.88 Å². The minimum atomic E-state index is 0. The number of alkyl halides is 1.